The fourth-order valence-electron chi connectivity index (χ4n) is 4.25. The number of aromatic nitrogens is 2. The van der Waals surface area contributed by atoms with Crippen molar-refractivity contribution >= 4 is 0 Å². The van der Waals surface area contributed by atoms with Crippen LogP contribution in [0.2, 0.25) is 0 Å². The monoisotopic (exact) mass is 320 g/mol. The summed E-state index contributed by atoms with van der Waals surface area (Å²) in [4.78, 5) is 4.69. The Balaban J connectivity index is 1.55. The van der Waals surface area contributed by atoms with E-state index in [4.69, 9.17) is 4.42 Å². The highest BCUT2D eigenvalue weighted by molar-refractivity contribution is 5.00. The zero-order valence-electron chi connectivity index (χ0n) is 15.2. The van der Waals surface area contributed by atoms with Gasteiger partial charge in [-0.15, -0.1) is 10.2 Å². The summed E-state index contributed by atoms with van der Waals surface area (Å²) in [6.07, 6.45) is 9.67. The van der Waals surface area contributed by atoms with Gasteiger partial charge in [0, 0.05) is 23.9 Å². The molecule has 0 atom stereocenters. The summed E-state index contributed by atoms with van der Waals surface area (Å²) < 4.78 is 6.10. The molecule has 2 fully saturated rings. The van der Waals surface area contributed by atoms with Crippen molar-refractivity contribution in [3.05, 3.63) is 11.8 Å². The minimum absolute atomic E-state index is 0.477. The minimum Gasteiger partial charge on any atom is -0.425 e. The average molecular weight is 320 g/mol. The highest BCUT2D eigenvalue weighted by atomic mass is 16.4. The van der Waals surface area contributed by atoms with Crippen LogP contribution in [-0.2, 0) is 0 Å². The summed E-state index contributed by atoms with van der Waals surface area (Å²) in [5.41, 5.74) is 0. The molecule has 2 aliphatic carbocycles. The SMILES string of the molecule is CN(C)C1CCC(c2nnc(C3CCC(N(C)C)CC3)o2)CC1. The van der Waals surface area contributed by atoms with E-state index in [0.717, 1.165) is 23.9 Å². The Morgan fingerprint density at radius 2 is 1.00 bits per heavy atom. The van der Waals surface area contributed by atoms with Gasteiger partial charge < -0.3 is 14.2 Å². The van der Waals surface area contributed by atoms with Gasteiger partial charge >= 0.3 is 0 Å². The van der Waals surface area contributed by atoms with Crippen molar-refractivity contribution in [2.45, 2.75) is 75.3 Å². The molecule has 5 heteroatoms. The molecule has 0 aliphatic heterocycles. The first kappa shape index (κ1) is 16.9. The fourth-order valence-corrected chi connectivity index (χ4v) is 4.25. The number of nitrogens with zero attached hydrogens (tertiary/aromatic N) is 4. The lowest BCUT2D eigenvalue weighted by molar-refractivity contribution is 0.196. The molecule has 2 saturated carbocycles. The molecule has 3 rings (SSSR count). The van der Waals surface area contributed by atoms with E-state index < -0.39 is 0 Å². The first-order chi connectivity index (χ1) is 11.0. The van der Waals surface area contributed by atoms with Gasteiger partial charge in [0.25, 0.3) is 0 Å². The maximum atomic E-state index is 6.10. The van der Waals surface area contributed by atoms with E-state index in [1.165, 1.54) is 51.4 Å². The lowest BCUT2D eigenvalue weighted by Crippen LogP contribution is -2.31. The highest BCUT2D eigenvalue weighted by Crippen LogP contribution is 2.37. The quantitative estimate of drug-likeness (QED) is 0.852. The summed E-state index contributed by atoms with van der Waals surface area (Å²) in [6.45, 7) is 0. The third-order valence-corrected chi connectivity index (χ3v) is 6.01. The van der Waals surface area contributed by atoms with Gasteiger partial charge in [0.1, 0.15) is 0 Å². The normalized spacial score (nSPS) is 32.6. The Bertz CT molecular complexity index is 440. The van der Waals surface area contributed by atoms with Crippen LogP contribution in [0.4, 0.5) is 0 Å². The Morgan fingerprint density at radius 1 is 0.652 bits per heavy atom. The summed E-state index contributed by atoms with van der Waals surface area (Å²) in [6, 6.07) is 1.44. The fraction of sp³-hybridized carbons (Fsp3) is 0.889. The molecule has 1 heterocycles. The maximum absolute atomic E-state index is 6.10. The van der Waals surface area contributed by atoms with E-state index in [2.05, 4.69) is 48.2 Å². The van der Waals surface area contributed by atoms with Crippen molar-refractivity contribution in [2.24, 2.45) is 0 Å². The van der Waals surface area contributed by atoms with E-state index in [0.29, 0.717) is 11.8 Å². The van der Waals surface area contributed by atoms with Gasteiger partial charge in [0.05, 0.1) is 0 Å². The van der Waals surface area contributed by atoms with Crippen molar-refractivity contribution in [1.29, 1.82) is 0 Å². The largest absolute Gasteiger partial charge is 0.425 e. The summed E-state index contributed by atoms with van der Waals surface area (Å²) in [7, 11) is 8.72. The molecule has 0 spiro atoms. The number of rotatable bonds is 4. The minimum atomic E-state index is 0.477. The first-order valence-corrected chi connectivity index (χ1v) is 9.20. The summed E-state index contributed by atoms with van der Waals surface area (Å²) in [5, 5.41) is 8.80. The topological polar surface area (TPSA) is 45.4 Å². The zero-order chi connectivity index (χ0) is 16.4. The van der Waals surface area contributed by atoms with Crippen molar-refractivity contribution in [3.63, 3.8) is 0 Å². The van der Waals surface area contributed by atoms with Crippen LogP contribution in [0.5, 0.6) is 0 Å². The predicted molar refractivity (Wildman–Crippen MR) is 91.7 cm³/mol. The second-order valence-corrected chi connectivity index (χ2v) is 7.92. The average Bonchev–Trinajstić information content (AvgIpc) is 3.05. The molecule has 1 aromatic rings. The van der Waals surface area contributed by atoms with Crippen molar-refractivity contribution < 1.29 is 4.42 Å². The Hall–Kier alpha value is -0.940. The molecule has 1 aromatic heterocycles. The van der Waals surface area contributed by atoms with E-state index in [-0.39, 0.29) is 0 Å². The van der Waals surface area contributed by atoms with Crippen LogP contribution in [0.3, 0.4) is 0 Å². The van der Waals surface area contributed by atoms with Gasteiger partial charge in [0.2, 0.25) is 11.8 Å². The first-order valence-electron chi connectivity index (χ1n) is 9.20. The van der Waals surface area contributed by atoms with Crippen molar-refractivity contribution in [2.75, 3.05) is 28.2 Å². The van der Waals surface area contributed by atoms with E-state index >= 15 is 0 Å². The van der Waals surface area contributed by atoms with Gasteiger partial charge in [-0.2, -0.15) is 0 Å². The molecular weight excluding hydrogens is 288 g/mol. The van der Waals surface area contributed by atoms with Crippen LogP contribution < -0.4 is 0 Å². The molecule has 5 nitrogen and oxygen atoms in total. The highest BCUT2D eigenvalue weighted by Gasteiger charge is 2.30. The molecule has 2 aliphatic rings. The van der Waals surface area contributed by atoms with Crippen molar-refractivity contribution in [1.82, 2.24) is 20.0 Å². The molecule has 130 valence electrons. The molecular formula is C18H32N4O. The van der Waals surface area contributed by atoms with E-state index in [9.17, 15) is 0 Å². The van der Waals surface area contributed by atoms with Crippen LogP contribution in [0, 0.1) is 0 Å². The van der Waals surface area contributed by atoms with E-state index in [1.54, 1.807) is 0 Å². The molecule has 0 bridgehead atoms. The number of hydrogen-bond donors (Lipinski definition) is 0. The lowest BCUT2D eigenvalue weighted by atomic mass is 9.85. The van der Waals surface area contributed by atoms with Gasteiger partial charge in [-0.25, -0.2) is 0 Å². The van der Waals surface area contributed by atoms with Gasteiger partial charge in [-0.05, 0) is 79.6 Å². The van der Waals surface area contributed by atoms with Crippen LogP contribution >= 0.6 is 0 Å². The summed E-state index contributed by atoms with van der Waals surface area (Å²) >= 11 is 0. The van der Waals surface area contributed by atoms with Gasteiger partial charge in [-0.1, -0.05) is 0 Å². The second-order valence-electron chi connectivity index (χ2n) is 7.92. The van der Waals surface area contributed by atoms with Crippen LogP contribution in [0.15, 0.2) is 4.42 Å². The lowest BCUT2D eigenvalue weighted by Gasteiger charge is -2.31. The molecule has 0 saturated heterocycles. The van der Waals surface area contributed by atoms with E-state index in [1.807, 2.05) is 0 Å². The Kier molecular flexibility index (Phi) is 5.37. The number of hydrogen-bond acceptors (Lipinski definition) is 5. The maximum Gasteiger partial charge on any atom is 0.219 e. The smallest absolute Gasteiger partial charge is 0.219 e. The van der Waals surface area contributed by atoms with Crippen LogP contribution in [-0.4, -0.2) is 60.3 Å². The third kappa shape index (κ3) is 3.94. The molecule has 0 radical (unpaired) electrons. The Labute approximate surface area is 140 Å². The molecule has 0 amide bonds. The summed E-state index contributed by atoms with van der Waals surface area (Å²) in [5.74, 6) is 2.75. The predicted octanol–water partition coefficient (Wildman–Crippen LogP) is 3.25. The standard InChI is InChI=1S/C18H32N4O/c1-21(2)15-9-5-13(6-10-15)17-19-20-18(23-17)14-7-11-16(12-8-14)22(3)4/h13-16H,5-12H2,1-4H3. The zero-order valence-corrected chi connectivity index (χ0v) is 15.2. The molecule has 0 aromatic carbocycles. The van der Waals surface area contributed by atoms with Crippen molar-refractivity contribution in [3.8, 4) is 0 Å². The molecule has 23 heavy (non-hydrogen) atoms. The van der Waals surface area contributed by atoms with Crippen LogP contribution in [0.1, 0.15) is 75.0 Å². The second kappa shape index (κ2) is 7.31. The Morgan fingerprint density at radius 3 is 1.30 bits per heavy atom. The van der Waals surface area contributed by atoms with Crippen LogP contribution in [0.25, 0.3) is 0 Å². The molecule has 0 N–H and O–H groups in total. The van der Waals surface area contributed by atoms with Gasteiger partial charge in [0.15, 0.2) is 0 Å². The van der Waals surface area contributed by atoms with Gasteiger partial charge in [-0.3, -0.25) is 0 Å². The third-order valence-electron chi connectivity index (χ3n) is 6.01. The molecule has 0 unspecified atom stereocenters.